The number of carbonyl (C=O) groups excluding carboxylic acids is 2. The third kappa shape index (κ3) is 5.35. The molecule has 0 bridgehead atoms. The van der Waals surface area contributed by atoms with Crippen molar-refractivity contribution in [1.29, 1.82) is 0 Å². The van der Waals surface area contributed by atoms with Crippen LogP contribution in [0, 0.1) is 0 Å². The summed E-state index contributed by atoms with van der Waals surface area (Å²) in [5.74, 6) is -0.134. The fourth-order valence-corrected chi connectivity index (χ4v) is 3.56. The predicted octanol–water partition coefficient (Wildman–Crippen LogP) is 1.65. The van der Waals surface area contributed by atoms with Gasteiger partial charge >= 0.3 is 6.03 Å². The maximum atomic E-state index is 12.7. The molecule has 156 valence electrons. The molecule has 1 aliphatic carbocycles. The number of carbonyl (C=O) groups is 2. The molecule has 2 heterocycles. The molecule has 0 spiro atoms. The van der Waals surface area contributed by atoms with Crippen LogP contribution >= 0.6 is 24.8 Å². The molecule has 1 fully saturated rings. The lowest BCUT2D eigenvalue weighted by molar-refractivity contribution is 0.0934. The number of hydrogen-bond donors (Lipinski definition) is 3. The summed E-state index contributed by atoms with van der Waals surface area (Å²) in [5.41, 5.74) is 2.65. The molecule has 4 rings (SSSR count). The zero-order valence-electron chi connectivity index (χ0n) is 15.8. The Morgan fingerprint density at radius 2 is 1.62 bits per heavy atom. The lowest BCUT2D eigenvalue weighted by atomic mass is 10.1. The molecule has 0 atom stereocenters. The van der Waals surface area contributed by atoms with Crippen LogP contribution in [0.15, 0.2) is 36.7 Å². The molecule has 0 unspecified atom stereocenters. The SMILES string of the molecule is Cl.Cl.O=C(NC1Cc2ccccc2C1)c1nccnc1NC(=O)N1CCNCC1. The number of halogens is 2. The molecule has 0 saturated carbocycles. The molecule has 8 nitrogen and oxygen atoms in total. The highest BCUT2D eigenvalue weighted by Gasteiger charge is 2.26. The normalized spacial score (nSPS) is 15.5. The van der Waals surface area contributed by atoms with E-state index >= 15 is 0 Å². The Morgan fingerprint density at radius 1 is 1.00 bits per heavy atom. The number of fused-ring (bicyclic) bond motifs is 1. The Labute approximate surface area is 181 Å². The third-order valence-electron chi connectivity index (χ3n) is 4.93. The fourth-order valence-electron chi connectivity index (χ4n) is 3.56. The van der Waals surface area contributed by atoms with Crippen LogP contribution in [-0.4, -0.2) is 59.0 Å². The number of anilines is 1. The highest BCUT2D eigenvalue weighted by Crippen LogP contribution is 2.22. The average Bonchev–Trinajstić information content (AvgIpc) is 3.11. The van der Waals surface area contributed by atoms with E-state index in [2.05, 4.69) is 38.1 Å². The summed E-state index contributed by atoms with van der Waals surface area (Å²) in [6.45, 7) is 2.74. The monoisotopic (exact) mass is 438 g/mol. The van der Waals surface area contributed by atoms with E-state index in [1.807, 2.05) is 12.1 Å². The molecule has 0 radical (unpaired) electrons. The van der Waals surface area contributed by atoms with Gasteiger partial charge < -0.3 is 15.5 Å². The van der Waals surface area contributed by atoms with Gasteiger partial charge in [-0.15, -0.1) is 24.8 Å². The number of rotatable bonds is 3. The van der Waals surface area contributed by atoms with Crippen LogP contribution < -0.4 is 16.0 Å². The largest absolute Gasteiger partial charge is 0.347 e. The minimum atomic E-state index is -0.323. The van der Waals surface area contributed by atoms with Crippen LogP contribution in [0.1, 0.15) is 21.6 Å². The zero-order chi connectivity index (χ0) is 18.6. The first-order valence-electron chi connectivity index (χ1n) is 9.16. The second-order valence-electron chi connectivity index (χ2n) is 6.77. The van der Waals surface area contributed by atoms with Crippen LogP contribution in [0.25, 0.3) is 0 Å². The maximum Gasteiger partial charge on any atom is 0.323 e. The Hall–Kier alpha value is -2.42. The molecule has 2 aliphatic rings. The second kappa shape index (κ2) is 10.4. The van der Waals surface area contributed by atoms with E-state index in [0.29, 0.717) is 13.1 Å². The summed E-state index contributed by atoms with van der Waals surface area (Å²) in [5, 5.41) is 8.94. The Kier molecular flexibility index (Phi) is 8.19. The standard InChI is InChI=1S/C19H22N6O2.2ClH/c26-18(23-15-11-13-3-1-2-4-14(13)12-15)16-17(22-6-5-21-16)24-19(27)25-9-7-20-8-10-25;;/h1-6,15,20H,7-12H2,(H,23,26)(H,22,24,27);2*1H. The van der Waals surface area contributed by atoms with Crippen LogP contribution in [-0.2, 0) is 12.8 Å². The minimum Gasteiger partial charge on any atom is -0.347 e. The molecule has 1 aromatic carbocycles. The highest BCUT2D eigenvalue weighted by molar-refractivity contribution is 6.00. The van der Waals surface area contributed by atoms with Crippen molar-refractivity contribution in [3.05, 3.63) is 53.5 Å². The van der Waals surface area contributed by atoms with Gasteiger partial charge in [-0.25, -0.2) is 14.8 Å². The van der Waals surface area contributed by atoms with Gasteiger partial charge in [-0.05, 0) is 24.0 Å². The third-order valence-corrected chi connectivity index (χ3v) is 4.93. The molecule has 2 aromatic rings. The molecule has 29 heavy (non-hydrogen) atoms. The molecule has 3 N–H and O–H groups in total. The first kappa shape index (κ1) is 22.9. The summed E-state index contributed by atoms with van der Waals surface area (Å²) in [4.78, 5) is 35.2. The molecule has 1 aliphatic heterocycles. The lowest BCUT2D eigenvalue weighted by Crippen LogP contribution is -2.48. The van der Waals surface area contributed by atoms with Crippen LogP contribution in [0.4, 0.5) is 10.6 Å². The average molecular weight is 439 g/mol. The van der Waals surface area contributed by atoms with E-state index in [4.69, 9.17) is 0 Å². The van der Waals surface area contributed by atoms with Crippen LogP contribution in [0.3, 0.4) is 0 Å². The summed E-state index contributed by atoms with van der Waals surface area (Å²) in [6, 6.07) is 7.95. The summed E-state index contributed by atoms with van der Waals surface area (Å²) < 4.78 is 0. The van der Waals surface area contributed by atoms with E-state index in [1.54, 1.807) is 4.90 Å². The van der Waals surface area contributed by atoms with Crippen molar-refractivity contribution in [1.82, 2.24) is 25.5 Å². The van der Waals surface area contributed by atoms with Gasteiger partial charge in [0.25, 0.3) is 5.91 Å². The second-order valence-corrected chi connectivity index (χ2v) is 6.77. The van der Waals surface area contributed by atoms with Crippen molar-refractivity contribution in [3.63, 3.8) is 0 Å². The van der Waals surface area contributed by atoms with Crippen molar-refractivity contribution in [2.75, 3.05) is 31.5 Å². The molecular formula is C19H24Cl2N6O2. The van der Waals surface area contributed by atoms with Crippen molar-refractivity contribution >= 4 is 42.6 Å². The summed E-state index contributed by atoms with van der Waals surface area (Å²) in [7, 11) is 0. The Balaban J connectivity index is 0.00000150. The van der Waals surface area contributed by atoms with Gasteiger partial charge in [0, 0.05) is 44.6 Å². The zero-order valence-corrected chi connectivity index (χ0v) is 17.4. The van der Waals surface area contributed by atoms with Gasteiger partial charge in [0.1, 0.15) is 0 Å². The fraction of sp³-hybridized carbons (Fsp3) is 0.368. The number of benzene rings is 1. The molecule has 10 heteroatoms. The summed E-state index contributed by atoms with van der Waals surface area (Å²) >= 11 is 0. The maximum absolute atomic E-state index is 12.7. The van der Waals surface area contributed by atoms with E-state index in [0.717, 1.165) is 25.9 Å². The van der Waals surface area contributed by atoms with E-state index in [-0.39, 0.29) is 54.3 Å². The smallest absolute Gasteiger partial charge is 0.323 e. The van der Waals surface area contributed by atoms with Crippen LogP contribution in [0.2, 0.25) is 0 Å². The lowest BCUT2D eigenvalue weighted by Gasteiger charge is -2.27. The molecule has 3 amide bonds. The molecule has 1 aromatic heterocycles. The quantitative estimate of drug-likeness (QED) is 0.676. The first-order valence-corrected chi connectivity index (χ1v) is 9.16. The molecule has 1 saturated heterocycles. The number of nitrogens with zero attached hydrogens (tertiary/aromatic N) is 3. The first-order chi connectivity index (χ1) is 13.2. The molecular weight excluding hydrogens is 415 g/mol. The topological polar surface area (TPSA) is 99.2 Å². The van der Waals surface area contributed by atoms with Gasteiger partial charge in [-0.2, -0.15) is 0 Å². The number of urea groups is 1. The van der Waals surface area contributed by atoms with Gasteiger partial charge in [0.05, 0.1) is 0 Å². The van der Waals surface area contributed by atoms with Gasteiger partial charge in [-0.1, -0.05) is 24.3 Å². The minimum absolute atomic E-state index is 0. The van der Waals surface area contributed by atoms with Crippen molar-refractivity contribution < 1.29 is 9.59 Å². The van der Waals surface area contributed by atoms with Crippen molar-refractivity contribution in [3.8, 4) is 0 Å². The van der Waals surface area contributed by atoms with E-state index in [9.17, 15) is 9.59 Å². The number of amides is 3. The number of hydrogen-bond acceptors (Lipinski definition) is 5. The summed E-state index contributed by atoms with van der Waals surface area (Å²) in [6.07, 6.45) is 4.52. The Morgan fingerprint density at radius 3 is 2.28 bits per heavy atom. The highest BCUT2D eigenvalue weighted by atomic mass is 35.5. The van der Waals surface area contributed by atoms with E-state index < -0.39 is 0 Å². The Bertz CT molecular complexity index is 835. The van der Waals surface area contributed by atoms with Crippen LogP contribution in [0.5, 0.6) is 0 Å². The van der Waals surface area contributed by atoms with Crippen molar-refractivity contribution in [2.24, 2.45) is 0 Å². The van der Waals surface area contributed by atoms with E-state index in [1.165, 1.54) is 23.5 Å². The van der Waals surface area contributed by atoms with Gasteiger partial charge in [0.15, 0.2) is 11.5 Å². The number of piperazine rings is 1. The number of nitrogens with one attached hydrogen (secondary N) is 3. The number of aromatic nitrogens is 2. The van der Waals surface area contributed by atoms with Gasteiger partial charge in [-0.3, -0.25) is 10.1 Å². The van der Waals surface area contributed by atoms with Crippen molar-refractivity contribution in [2.45, 2.75) is 18.9 Å². The van der Waals surface area contributed by atoms with Gasteiger partial charge in [0.2, 0.25) is 0 Å². The predicted molar refractivity (Wildman–Crippen MR) is 115 cm³/mol.